The number of ether oxygens (including phenoxy) is 1. The van der Waals surface area contributed by atoms with Gasteiger partial charge in [0.05, 0.1) is 6.61 Å². The Labute approximate surface area is 96.8 Å². The molecular formula is C11H11NO5. The van der Waals surface area contributed by atoms with E-state index in [1.807, 2.05) is 0 Å². The molecule has 2 heterocycles. The van der Waals surface area contributed by atoms with Crippen LogP contribution in [0.25, 0.3) is 11.7 Å². The van der Waals surface area contributed by atoms with Crippen molar-refractivity contribution in [2.75, 3.05) is 6.61 Å². The Hall–Kier alpha value is -2.24. The molecule has 2 aromatic rings. The normalized spacial score (nSPS) is 10.5. The first-order valence-electron chi connectivity index (χ1n) is 5.05. The monoisotopic (exact) mass is 237 g/mol. The number of nitrogens with zero attached hydrogens (tertiary/aromatic N) is 1. The van der Waals surface area contributed by atoms with Crippen LogP contribution in [0.1, 0.15) is 23.2 Å². The molecule has 2 aromatic heterocycles. The maximum atomic E-state index is 10.9. The summed E-state index contributed by atoms with van der Waals surface area (Å²) in [7, 11) is 0. The standard InChI is InChI=1S/C11H11NO5/c1-3-15-11-8(10(13)14)12-9(17-11)7-5-4-6(2)16-7/h4-5H,3H2,1-2H3,(H,13,14). The maximum Gasteiger partial charge on any atom is 0.362 e. The van der Waals surface area contributed by atoms with E-state index in [1.54, 1.807) is 26.0 Å². The molecule has 2 rings (SSSR count). The van der Waals surface area contributed by atoms with Crippen LogP contribution in [0.5, 0.6) is 5.95 Å². The molecule has 0 fully saturated rings. The van der Waals surface area contributed by atoms with Gasteiger partial charge in [0.2, 0.25) is 5.69 Å². The van der Waals surface area contributed by atoms with E-state index in [0.717, 1.165) is 0 Å². The maximum absolute atomic E-state index is 10.9. The summed E-state index contributed by atoms with van der Waals surface area (Å²) in [6.45, 7) is 3.80. The molecule has 0 atom stereocenters. The highest BCUT2D eigenvalue weighted by Gasteiger charge is 2.22. The largest absolute Gasteiger partial charge is 0.476 e. The van der Waals surface area contributed by atoms with Crippen molar-refractivity contribution < 1.29 is 23.5 Å². The van der Waals surface area contributed by atoms with Crippen molar-refractivity contribution in [2.45, 2.75) is 13.8 Å². The molecule has 6 nitrogen and oxygen atoms in total. The molecule has 0 aliphatic carbocycles. The molecule has 0 aliphatic rings. The van der Waals surface area contributed by atoms with Gasteiger partial charge in [0, 0.05) is 0 Å². The minimum absolute atomic E-state index is 0.0963. The molecule has 1 N–H and O–H groups in total. The second-order valence-electron chi connectivity index (χ2n) is 3.30. The van der Waals surface area contributed by atoms with Crippen LogP contribution in [0.15, 0.2) is 21.0 Å². The highest BCUT2D eigenvalue weighted by atomic mass is 16.6. The van der Waals surface area contributed by atoms with E-state index < -0.39 is 5.97 Å². The van der Waals surface area contributed by atoms with Crippen LogP contribution in [0.2, 0.25) is 0 Å². The lowest BCUT2D eigenvalue weighted by atomic mass is 10.4. The van der Waals surface area contributed by atoms with E-state index in [1.165, 1.54) is 0 Å². The number of hydrogen-bond acceptors (Lipinski definition) is 5. The van der Waals surface area contributed by atoms with Crippen LogP contribution in [-0.2, 0) is 0 Å². The lowest BCUT2D eigenvalue weighted by molar-refractivity contribution is 0.0683. The summed E-state index contributed by atoms with van der Waals surface area (Å²) in [4.78, 5) is 14.7. The molecule has 0 aliphatic heterocycles. The van der Waals surface area contributed by atoms with Gasteiger partial charge in [-0.2, -0.15) is 4.98 Å². The van der Waals surface area contributed by atoms with Crippen molar-refractivity contribution in [2.24, 2.45) is 0 Å². The average molecular weight is 237 g/mol. The fourth-order valence-electron chi connectivity index (χ4n) is 1.33. The van der Waals surface area contributed by atoms with Gasteiger partial charge in [-0.3, -0.25) is 0 Å². The van der Waals surface area contributed by atoms with E-state index in [2.05, 4.69) is 4.98 Å². The van der Waals surface area contributed by atoms with Gasteiger partial charge < -0.3 is 18.7 Å². The minimum atomic E-state index is -1.20. The molecule has 0 radical (unpaired) electrons. The minimum Gasteiger partial charge on any atom is -0.476 e. The molecule has 90 valence electrons. The summed E-state index contributed by atoms with van der Waals surface area (Å²) in [6.07, 6.45) is 0. The third-order valence-electron chi connectivity index (χ3n) is 2.03. The quantitative estimate of drug-likeness (QED) is 0.878. The highest BCUT2D eigenvalue weighted by molar-refractivity contribution is 5.88. The van der Waals surface area contributed by atoms with Crippen LogP contribution in [0.3, 0.4) is 0 Å². The zero-order chi connectivity index (χ0) is 12.4. The van der Waals surface area contributed by atoms with Gasteiger partial charge in [-0.05, 0) is 26.0 Å². The van der Waals surface area contributed by atoms with Gasteiger partial charge in [-0.1, -0.05) is 0 Å². The second-order valence-corrected chi connectivity index (χ2v) is 3.30. The smallest absolute Gasteiger partial charge is 0.362 e. The summed E-state index contributed by atoms with van der Waals surface area (Å²) < 4.78 is 15.6. The number of aromatic carboxylic acids is 1. The third kappa shape index (κ3) is 2.15. The molecule has 6 heteroatoms. The van der Waals surface area contributed by atoms with Gasteiger partial charge >= 0.3 is 11.9 Å². The lowest BCUT2D eigenvalue weighted by Gasteiger charge is -1.96. The highest BCUT2D eigenvalue weighted by Crippen LogP contribution is 2.28. The Morgan fingerprint density at radius 2 is 2.24 bits per heavy atom. The lowest BCUT2D eigenvalue weighted by Crippen LogP contribution is -2.01. The Morgan fingerprint density at radius 1 is 1.47 bits per heavy atom. The molecule has 0 bridgehead atoms. The van der Waals surface area contributed by atoms with Crippen molar-refractivity contribution in [3.8, 4) is 17.6 Å². The first-order chi connectivity index (χ1) is 8.11. The van der Waals surface area contributed by atoms with Crippen molar-refractivity contribution in [3.05, 3.63) is 23.6 Å². The second kappa shape index (κ2) is 4.32. The number of carbonyl (C=O) groups is 1. The van der Waals surface area contributed by atoms with Gasteiger partial charge in [0.1, 0.15) is 5.76 Å². The van der Waals surface area contributed by atoms with E-state index in [-0.39, 0.29) is 17.5 Å². The molecule has 0 unspecified atom stereocenters. The van der Waals surface area contributed by atoms with E-state index in [0.29, 0.717) is 18.1 Å². The molecule has 17 heavy (non-hydrogen) atoms. The van der Waals surface area contributed by atoms with Crippen molar-refractivity contribution in [1.82, 2.24) is 4.98 Å². The number of furan rings is 1. The molecule has 0 amide bonds. The summed E-state index contributed by atoms with van der Waals surface area (Å²) >= 11 is 0. The summed E-state index contributed by atoms with van der Waals surface area (Å²) in [5.41, 5.74) is -0.254. The number of aryl methyl sites for hydroxylation is 1. The topological polar surface area (TPSA) is 85.7 Å². The van der Waals surface area contributed by atoms with Crippen LogP contribution in [0, 0.1) is 6.92 Å². The number of hydrogen-bond donors (Lipinski definition) is 1. The molecular weight excluding hydrogens is 226 g/mol. The van der Waals surface area contributed by atoms with Crippen molar-refractivity contribution in [1.29, 1.82) is 0 Å². The number of carboxylic acid groups (broad SMARTS) is 1. The third-order valence-corrected chi connectivity index (χ3v) is 2.03. The van der Waals surface area contributed by atoms with Gasteiger partial charge in [-0.15, -0.1) is 0 Å². The van der Waals surface area contributed by atoms with E-state index in [9.17, 15) is 4.79 Å². The van der Waals surface area contributed by atoms with Crippen LogP contribution < -0.4 is 4.74 Å². The Kier molecular flexibility index (Phi) is 2.86. The summed E-state index contributed by atoms with van der Waals surface area (Å²) in [5.74, 6) is -0.154. The first-order valence-corrected chi connectivity index (χ1v) is 5.05. The Morgan fingerprint density at radius 3 is 2.76 bits per heavy atom. The number of carboxylic acids is 1. The zero-order valence-corrected chi connectivity index (χ0v) is 9.39. The van der Waals surface area contributed by atoms with Crippen LogP contribution in [-0.4, -0.2) is 22.7 Å². The van der Waals surface area contributed by atoms with Gasteiger partial charge in [0.15, 0.2) is 5.76 Å². The average Bonchev–Trinajstić information content (AvgIpc) is 2.85. The Bertz CT molecular complexity index is 540. The number of oxazole rings is 1. The molecule has 0 aromatic carbocycles. The SMILES string of the molecule is CCOc1oc(-c2ccc(C)o2)nc1C(=O)O. The van der Waals surface area contributed by atoms with E-state index >= 15 is 0 Å². The predicted molar refractivity (Wildman–Crippen MR) is 57.1 cm³/mol. The van der Waals surface area contributed by atoms with Crippen LogP contribution >= 0.6 is 0 Å². The fraction of sp³-hybridized carbons (Fsp3) is 0.273. The molecule has 0 spiro atoms. The number of aromatic nitrogens is 1. The van der Waals surface area contributed by atoms with Crippen LogP contribution in [0.4, 0.5) is 0 Å². The fourth-order valence-corrected chi connectivity index (χ4v) is 1.33. The summed E-state index contributed by atoms with van der Waals surface area (Å²) in [6, 6.07) is 3.39. The van der Waals surface area contributed by atoms with E-state index in [4.69, 9.17) is 18.7 Å². The summed E-state index contributed by atoms with van der Waals surface area (Å²) in [5, 5.41) is 8.92. The molecule has 0 saturated carbocycles. The number of rotatable bonds is 4. The Balaban J connectivity index is 2.43. The van der Waals surface area contributed by atoms with Gasteiger partial charge in [-0.25, -0.2) is 4.79 Å². The van der Waals surface area contributed by atoms with Crippen molar-refractivity contribution >= 4 is 5.97 Å². The molecule has 0 saturated heterocycles. The van der Waals surface area contributed by atoms with Gasteiger partial charge in [0.25, 0.3) is 5.89 Å². The van der Waals surface area contributed by atoms with Crippen molar-refractivity contribution in [3.63, 3.8) is 0 Å². The first kappa shape index (κ1) is 11.3. The predicted octanol–water partition coefficient (Wildman–Crippen LogP) is 2.34. The zero-order valence-electron chi connectivity index (χ0n) is 9.39.